The van der Waals surface area contributed by atoms with Crippen molar-refractivity contribution in [2.75, 3.05) is 6.61 Å². The van der Waals surface area contributed by atoms with Gasteiger partial charge in [-0.1, -0.05) is 37.6 Å². The summed E-state index contributed by atoms with van der Waals surface area (Å²) >= 11 is 0. The van der Waals surface area contributed by atoms with Crippen LogP contribution >= 0.6 is 0 Å². The number of carbonyl (C=O) groups excluding carboxylic acids is 2. The average Bonchev–Trinajstić information content (AvgIpc) is 2.66. The van der Waals surface area contributed by atoms with Crippen LogP contribution in [0.1, 0.15) is 25.8 Å². The first-order valence-electron chi connectivity index (χ1n) is 8.60. The van der Waals surface area contributed by atoms with Crippen LogP contribution < -0.4 is 15.6 Å². The summed E-state index contributed by atoms with van der Waals surface area (Å²) in [5.74, 6) is -2.73. The maximum atomic E-state index is 14.2. The highest BCUT2D eigenvalue weighted by Gasteiger charge is 2.17. The van der Waals surface area contributed by atoms with Crippen molar-refractivity contribution in [2.45, 2.75) is 27.2 Å². The summed E-state index contributed by atoms with van der Waals surface area (Å²) in [4.78, 5) is 23.5. The summed E-state index contributed by atoms with van der Waals surface area (Å²) < 4.78 is 33.7. The van der Waals surface area contributed by atoms with Gasteiger partial charge in [0.15, 0.2) is 18.2 Å². The maximum Gasteiger partial charge on any atom is 0.276 e. The maximum absolute atomic E-state index is 14.2. The monoisotopic (exact) mass is 376 g/mol. The van der Waals surface area contributed by atoms with E-state index >= 15 is 0 Å². The molecular formula is C20H22F2N2O3. The molecule has 0 aliphatic carbocycles. The van der Waals surface area contributed by atoms with E-state index in [0.29, 0.717) is 6.42 Å². The van der Waals surface area contributed by atoms with E-state index in [1.807, 2.05) is 6.92 Å². The lowest BCUT2D eigenvalue weighted by atomic mass is 10.0. The van der Waals surface area contributed by atoms with E-state index in [-0.39, 0.29) is 28.7 Å². The number of hydrogen-bond donors (Lipinski definition) is 2. The van der Waals surface area contributed by atoms with Crippen LogP contribution in [0.15, 0.2) is 36.4 Å². The minimum Gasteiger partial charge on any atom is -0.480 e. The van der Waals surface area contributed by atoms with E-state index in [1.54, 1.807) is 26.0 Å². The number of carbonyl (C=O) groups is 2. The number of benzene rings is 2. The normalized spacial score (nSPS) is 11.6. The fourth-order valence-electron chi connectivity index (χ4n) is 2.33. The molecule has 2 aromatic carbocycles. The summed E-state index contributed by atoms with van der Waals surface area (Å²) in [5, 5.41) is 0. The first-order valence-corrected chi connectivity index (χ1v) is 8.60. The molecule has 0 aliphatic heterocycles. The van der Waals surface area contributed by atoms with Crippen molar-refractivity contribution in [3.05, 3.63) is 53.6 Å². The zero-order valence-corrected chi connectivity index (χ0v) is 15.4. The van der Waals surface area contributed by atoms with Gasteiger partial charge in [0, 0.05) is 17.0 Å². The second kappa shape index (κ2) is 9.12. The zero-order valence-electron chi connectivity index (χ0n) is 15.4. The number of hydrogen-bond acceptors (Lipinski definition) is 3. The van der Waals surface area contributed by atoms with Crippen molar-refractivity contribution in [1.29, 1.82) is 0 Å². The SMILES string of the molecule is CC[C@@H](C)C(=O)NNC(=O)COc1c(F)cccc1-c1cc(C)ccc1F. The van der Waals surface area contributed by atoms with Crippen molar-refractivity contribution < 1.29 is 23.1 Å². The second-order valence-corrected chi connectivity index (χ2v) is 6.24. The average molecular weight is 376 g/mol. The molecule has 0 saturated heterocycles. The molecule has 2 N–H and O–H groups in total. The Labute approximate surface area is 156 Å². The molecule has 5 nitrogen and oxygen atoms in total. The minimum absolute atomic E-state index is 0.176. The lowest BCUT2D eigenvalue weighted by molar-refractivity contribution is -0.131. The minimum atomic E-state index is -0.718. The van der Waals surface area contributed by atoms with Crippen molar-refractivity contribution in [3.8, 4) is 16.9 Å². The number of aryl methyl sites for hydroxylation is 1. The molecule has 27 heavy (non-hydrogen) atoms. The van der Waals surface area contributed by atoms with Crippen molar-refractivity contribution in [1.82, 2.24) is 10.9 Å². The lowest BCUT2D eigenvalue weighted by Gasteiger charge is -2.14. The highest BCUT2D eigenvalue weighted by atomic mass is 19.1. The van der Waals surface area contributed by atoms with Crippen LogP contribution in [-0.4, -0.2) is 18.4 Å². The first kappa shape index (κ1) is 20.4. The Morgan fingerprint density at radius 2 is 1.81 bits per heavy atom. The van der Waals surface area contributed by atoms with E-state index in [0.717, 1.165) is 11.6 Å². The molecule has 0 fully saturated rings. The van der Waals surface area contributed by atoms with E-state index in [2.05, 4.69) is 10.9 Å². The van der Waals surface area contributed by atoms with E-state index < -0.39 is 24.1 Å². The third kappa shape index (κ3) is 5.26. The largest absolute Gasteiger partial charge is 0.480 e. The van der Waals surface area contributed by atoms with Crippen LogP contribution in [0, 0.1) is 24.5 Å². The van der Waals surface area contributed by atoms with Gasteiger partial charge in [-0.15, -0.1) is 0 Å². The molecule has 2 rings (SSSR count). The Morgan fingerprint density at radius 3 is 2.52 bits per heavy atom. The molecular weight excluding hydrogens is 354 g/mol. The van der Waals surface area contributed by atoms with Gasteiger partial charge >= 0.3 is 0 Å². The second-order valence-electron chi connectivity index (χ2n) is 6.24. The molecule has 0 aliphatic rings. The Hall–Kier alpha value is -2.96. The standard InChI is InChI=1S/C20H22F2N2O3/c1-4-13(3)20(26)24-23-18(25)11-27-19-14(6-5-7-17(19)22)15-10-12(2)8-9-16(15)21/h5-10,13H,4,11H2,1-3H3,(H,23,25)(H,24,26)/t13-/m1/s1. The molecule has 0 bridgehead atoms. The number of para-hydroxylation sites is 1. The van der Waals surface area contributed by atoms with Crippen molar-refractivity contribution >= 4 is 11.8 Å². The van der Waals surface area contributed by atoms with Crippen LogP contribution in [0.5, 0.6) is 5.75 Å². The Morgan fingerprint density at radius 1 is 1.07 bits per heavy atom. The third-order valence-electron chi connectivity index (χ3n) is 4.11. The van der Waals surface area contributed by atoms with Gasteiger partial charge in [-0.05, 0) is 31.5 Å². The number of ether oxygens (including phenoxy) is 1. The van der Waals surface area contributed by atoms with Crippen LogP contribution in [0.2, 0.25) is 0 Å². The number of nitrogens with one attached hydrogen (secondary N) is 2. The third-order valence-corrected chi connectivity index (χ3v) is 4.11. The predicted octanol–water partition coefficient (Wildman–Crippen LogP) is 3.51. The summed E-state index contributed by atoms with van der Waals surface area (Å²) in [6.07, 6.45) is 0.624. The summed E-state index contributed by atoms with van der Waals surface area (Å²) in [6, 6.07) is 8.58. The van der Waals surface area contributed by atoms with Crippen LogP contribution in [0.3, 0.4) is 0 Å². The van der Waals surface area contributed by atoms with Crippen molar-refractivity contribution in [3.63, 3.8) is 0 Å². The fraction of sp³-hybridized carbons (Fsp3) is 0.300. The predicted molar refractivity (Wildman–Crippen MR) is 97.8 cm³/mol. The van der Waals surface area contributed by atoms with Crippen LogP contribution in [-0.2, 0) is 9.59 Å². The van der Waals surface area contributed by atoms with Gasteiger partial charge in [0.2, 0.25) is 5.91 Å². The van der Waals surface area contributed by atoms with Crippen molar-refractivity contribution in [2.24, 2.45) is 5.92 Å². The van der Waals surface area contributed by atoms with Gasteiger partial charge in [0.25, 0.3) is 5.91 Å². The molecule has 0 aromatic heterocycles. The van der Waals surface area contributed by atoms with E-state index in [4.69, 9.17) is 4.74 Å². The van der Waals surface area contributed by atoms with Gasteiger partial charge in [-0.25, -0.2) is 8.78 Å². The summed E-state index contributed by atoms with van der Waals surface area (Å²) in [7, 11) is 0. The molecule has 2 amide bonds. The number of rotatable bonds is 6. The highest BCUT2D eigenvalue weighted by molar-refractivity contribution is 5.84. The first-order chi connectivity index (χ1) is 12.8. The quantitative estimate of drug-likeness (QED) is 0.758. The van der Waals surface area contributed by atoms with Crippen LogP contribution in [0.4, 0.5) is 8.78 Å². The highest BCUT2D eigenvalue weighted by Crippen LogP contribution is 2.34. The molecule has 0 saturated carbocycles. The van der Waals surface area contributed by atoms with Gasteiger partial charge < -0.3 is 4.74 Å². The summed E-state index contributed by atoms with van der Waals surface area (Å²) in [6.45, 7) is 4.82. The van der Waals surface area contributed by atoms with Crippen LogP contribution in [0.25, 0.3) is 11.1 Å². The van der Waals surface area contributed by atoms with Gasteiger partial charge in [0.05, 0.1) is 0 Å². The van der Waals surface area contributed by atoms with Gasteiger partial charge in [-0.3, -0.25) is 20.4 Å². The number of hydrazine groups is 1. The fourth-order valence-corrected chi connectivity index (χ4v) is 2.33. The van der Waals surface area contributed by atoms with E-state index in [9.17, 15) is 18.4 Å². The van der Waals surface area contributed by atoms with Gasteiger partial charge in [-0.2, -0.15) is 0 Å². The molecule has 0 unspecified atom stereocenters. The van der Waals surface area contributed by atoms with E-state index in [1.165, 1.54) is 18.2 Å². The molecule has 2 aromatic rings. The Kier molecular flexibility index (Phi) is 6.87. The lowest BCUT2D eigenvalue weighted by Crippen LogP contribution is -2.45. The molecule has 0 heterocycles. The molecule has 0 spiro atoms. The summed E-state index contributed by atoms with van der Waals surface area (Å²) in [5.41, 5.74) is 5.66. The number of halogens is 2. The zero-order chi connectivity index (χ0) is 20.0. The molecule has 0 radical (unpaired) electrons. The molecule has 7 heteroatoms. The Balaban J connectivity index is 2.12. The molecule has 1 atom stereocenters. The van der Waals surface area contributed by atoms with Gasteiger partial charge in [0.1, 0.15) is 5.82 Å². The Bertz CT molecular complexity index is 840. The molecule has 144 valence electrons. The smallest absolute Gasteiger partial charge is 0.276 e. The topological polar surface area (TPSA) is 67.4 Å². The number of amides is 2.